The normalized spacial score (nSPS) is 21.6. The minimum Gasteiger partial charge on any atom is -0.497 e. The van der Waals surface area contributed by atoms with E-state index in [2.05, 4.69) is 36.5 Å². The average Bonchev–Trinajstić information content (AvgIpc) is 2.82. The first kappa shape index (κ1) is 10.2. The zero-order valence-corrected chi connectivity index (χ0v) is 9.23. The maximum Gasteiger partial charge on any atom is 0.118 e. The number of rotatable bonds is 3. The van der Waals surface area contributed by atoms with Gasteiger partial charge in [0.15, 0.2) is 0 Å². The Labute approximate surface area is 91.0 Å². The van der Waals surface area contributed by atoms with Crippen LogP contribution in [0.5, 0.6) is 5.75 Å². The van der Waals surface area contributed by atoms with Gasteiger partial charge < -0.3 is 10.1 Å². The van der Waals surface area contributed by atoms with Crippen LogP contribution in [0.15, 0.2) is 36.4 Å². The highest BCUT2D eigenvalue weighted by Crippen LogP contribution is 2.23. The Bertz CT molecular complexity index is 342. The molecule has 0 saturated heterocycles. The van der Waals surface area contributed by atoms with Gasteiger partial charge in [-0.25, -0.2) is 0 Å². The first-order valence-corrected chi connectivity index (χ1v) is 5.35. The first-order valence-electron chi connectivity index (χ1n) is 5.35. The van der Waals surface area contributed by atoms with Crippen LogP contribution in [0, 0.1) is 0 Å². The van der Waals surface area contributed by atoms with Crippen molar-refractivity contribution in [2.75, 3.05) is 13.7 Å². The van der Waals surface area contributed by atoms with Crippen molar-refractivity contribution >= 4 is 0 Å². The second-order valence-corrected chi connectivity index (χ2v) is 3.92. The molecule has 1 aliphatic rings. The van der Waals surface area contributed by atoms with Crippen LogP contribution in [0.4, 0.5) is 0 Å². The molecule has 2 atom stereocenters. The summed E-state index contributed by atoms with van der Waals surface area (Å²) in [6.45, 7) is 3.24. The van der Waals surface area contributed by atoms with Gasteiger partial charge in [-0.15, -0.1) is 0 Å². The molecule has 0 bridgehead atoms. The summed E-state index contributed by atoms with van der Waals surface area (Å²) in [5.74, 6) is 1.43. The molecular formula is C13H17NO. The van der Waals surface area contributed by atoms with Crippen molar-refractivity contribution in [2.24, 2.45) is 0 Å². The van der Waals surface area contributed by atoms with E-state index in [1.807, 2.05) is 12.1 Å². The summed E-state index contributed by atoms with van der Waals surface area (Å²) in [6.07, 6.45) is 4.43. The molecule has 2 heteroatoms. The van der Waals surface area contributed by atoms with E-state index in [0.717, 1.165) is 12.3 Å². The molecule has 1 heterocycles. The lowest BCUT2D eigenvalue weighted by atomic mass is 9.94. The molecule has 0 unspecified atom stereocenters. The summed E-state index contributed by atoms with van der Waals surface area (Å²) < 4.78 is 5.14. The van der Waals surface area contributed by atoms with E-state index in [0.29, 0.717) is 12.0 Å². The van der Waals surface area contributed by atoms with Crippen LogP contribution >= 0.6 is 0 Å². The number of hydrogen-bond acceptors (Lipinski definition) is 2. The average molecular weight is 203 g/mol. The zero-order chi connectivity index (χ0) is 10.7. The van der Waals surface area contributed by atoms with Crippen molar-refractivity contribution in [3.8, 4) is 5.75 Å². The molecule has 1 aliphatic heterocycles. The van der Waals surface area contributed by atoms with Gasteiger partial charge in [-0.1, -0.05) is 31.2 Å². The van der Waals surface area contributed by atoms with E-state index >= 15 is 0 Å². The summed E-state index contributed by atoms with van der Waals surface area (Å²) in [5.41, 5.74) is 1.35. The quantitative estimate of drug-likeness (QED) is 0.761. The predicted octanol–water partition coefficient (Wildman–Crippen LogP) is 2.33. The Morgan fingerprint density at radius 2 is 2.07 bits per heavy atom. The van der Waals surface area contributed by atoms with Gasteiger partial charge in [0.1, 0.15) is 5.75 Å². The molecule has 0 saturated carbocycles. The Hall–Kier alpha value is -1.28. The Morgan fingerprint density at radius 1 is 1.33 bits per heavy atom. The highest BCUT2D eigenvalue weighted by Gasteiger charge is 2.17. The lowest BCUT2D eigenvalue weighted by molar-refractivity contribution is 0.414. The van der Waals surface area contributed by atoms with Gasteiger partial charge >= 0.3 is 0 Å². The summed E-state index contributed by atoms with van der Waals surface area (Å²) in [7, 11) is 1.69. The number of nitrogens with one attached hydrogen (secondary N) is 1. The van der Waals surface area contributed by atoms with Gasteiger partial charge in [0, 0.05) is 12.6 Å². The van der Waals surface area contributed by atoms with E-state index in [-0.39, 0.29) is 0 Å². The van der Waals surface area contributed by atoms with Crippen LogP contribution in [0.3, 0.4) is 0 Å². The number of ether oxygens (including phenoxy) is 1. The second-order valence-electron chi connectivity index (χ2n) is 3.92. The summed E-state index contributed by atoms with van der Waals surface area (Å²) in [5, 5.41) is 3.44. The van der Waals surface area contributed by atoms with Gasteiger partial charge in [-0.2, -0.15) is 0 Å². The van der Waals surface area contributed by atoms with Crippen LogP contribution in [0.25, 0.3) is 0 Å². The molecule has 1 N–H and O–H groups in total. The monoisotopic (exact) mass is 203 g/mol. The topological polar surface area (TPSA) is 21.3 Å². The van der Waals surface area contributed by atoms with E-state index < -0.39 is 0 Å². The Morgan fingerprint density at radius 3 is 2.60 bits per heavy atom. The molecule has 2 rings (SSSR count). The van der Waals surface area contributed by atoms with Crippen molar-refractivity contribution in [2.45, 2.75) is 18.9 Å². The molecule has 0 aromatic heterocycles. The molecule has 0 spiro atoms. The minimum absolute atomic E-state index is 0.471. The third-order valence-electron chi connectivity index (χ3n) is 3.00. The molecule has 15 heavy (non-hydrogen) atoms. The van der Waals surface area contributed by atoms with Crippen LogP contribution in [0.1, 0.15) is 18.4 Å². The van der Waals surface area contributed by atoms with Crippen molar-refractivity contribution in [1.82, 2.24) is 5.32 Å². The standard InChI is InChI=1S/C13H17NO/c1-10(13-4-3-9-14-13)11-5-7-12(15-2)8-6-11/h3-8,10,13-14H,9H2,1-2H3/t10-,13+/m0/s1. The molecule has 80 valence electrons. The van der Waals surface area contributed by atoms with E-state index in [9.17, 15) is 0 Å². The number of methoxy groups -OCH3 is 1. The maximum absolute atomic E-state index is 5.14. The Balaban J connectivity index is 2.11. The highest BCUT2D eigenvalue weighted by molar-refractivity contribution is 5.31. The molecule has 0 amide bonds. The van der Waals surface area contributed by atoms with Gasteiger partial charge in [-0.05, 0) is 23.6 Å². The molecule has 0 aliphatic carbocycles. The van der Waals surface area contributed by atoms with E-state index in [1.165, 1.54) is 5.56 Å². The van der Waals surface area contributed by atoms with Crippen LogP contribution in [0.2, 0.25) is 0 Å². The highest BCUT2D eigenvalue weighted by atomic mass is 16.5. The van der Waals surface area contributed by atoms with Crippen LogP contribution in [-0.2, 0) is 0 Å². The Kier molecular flexibility index (Phi) is 3.07. The fourth-order valence-corrected chi connectivity index (χ4v) is 1.95. The first-order chi connectivity index (χ1) is 7.31. The van der Waals surface area contributed by atoms with Gasteiger partial charge in [0.25, 0.3) is 0 Å². The van der Waals surface area contributed by atoms with Crippen LogP contribution < -0.4 is 10.1 Å². The molecule has 1 aromatic rings. The largest absolute Gasteiger partial charge is 0.497 e. The smallest absolute Gasteiger partial charge is 0.118 e. The van der Waals surface area contributed by atoms with Crippen molar-refractivity contribution in [3.63, 3.8) is 0 Å². The predicted molar refractivity (Wildman–Crippen MR) is 62.3 cm³/mol. The van der Waals surface area contributed by atoms with Crippen molar-refractivity contribution < 1.29 is 4.74 Å². The number of benzene rings is 1. The van der Waals surface area contributed by atoms with Crippen LogP contribution in [-0.4, -0.2) is 19.7 Å². The lowest BCUT2D eigenvalue weighted by Gasteiger charge is -2.19. The maximum atomic E-state index is 5.14. The molecule has 0 radical (unpaired) electrons. The van der Waals surface area contributed by atoms with Crippen molar-refractivity contribution in [3.05, 3.63) is 42.0 Å². The van der Waals surface area contributed by atoms with Gasteiger partial charge in [0.2, 0.25) is 0 Å². The summed E-state index contributed by atoms with van der Waals surface area (Å²) >= 11 is 0. The molecule has 2 nitrogen and oxygen atoms in total. The third-order valence-corrected chi connectivity index (χ3v) is 3.00. The van der Waals surface area contributed by atoms with Crippen molar-refractivity contribution in [1.29, 1.82) is 0 Å². The SMILES string of the molecule is COc1ccc([C@H](C)[C@H]2C=CCN2)cc1. The third kappa shape index (κ3) is 2.21. The molecule has 1 aromatic carbocycles. The van der Waals surface area contributed by atoms with Gasteiger partial charge in [-0.3, -0.25) is 0 Å². The van der Waals surface area contributed by atoms with E-state index in [4.69, 9.17) is 4.74 Å². The molecule has 0 fully saturated rings. The minimum atomic E-state index is 0.471. The molecular weight excluding hydrogens is 186 g/mol. The second kappa shape index (κ2) is 4.49. The zero-order valence-electron chi connectivity index (χ0n) is 9.23. The summed E-state index contributed by atoms with van der Waals surface area (Å²) in [6, 6.07) is 8.78. The van der Waals surface area contributed by atoms with E-state index in [1.54, 1.807) is 7.11 Å². The van der Waals surface area contributed by atoms with Gasteiger partial charge in [0.05, 0.1) is 7.11 Å². The fourth-order valence-electron chi connectivity index (χ4n) is 1.95. The number of hydrogen-bond donors (Lipinski definition) is 1. The summed E-state index contributed by atoms with van der Waals surface area (Å²) in [4.78, 5) is 0. The lowest BCUT2D eigenvalue weighted by Crippen LogP contribution is -2.27. The fraction of sp³-hybridized carbons (Fsp3) is 0.385.